The van der Waals surface area contributed by atoms with Crippen LogP contribution in [-0.4, -0.2) is 21.3 Å². The number of hydrogen-bond acceptors (Lipinski definition) is 7. The van der Waals surface area contributed by atoms with E-state index in [4.69, 9.17) is 33.1 Å². The SMILES string of the molecule is O=[N+]([O-])c1ccc(Oc2c(Cl)cc(Cl)cc2/C=N\O)c([N+](=O)[O-])c1. The van der Waals surface area contributed by atoms with Crippen LogP contribution in [0.5, 0.6) is 11.5 Å². The highest BCUT2D eigenvalue weighted by Crippen LogP contribution is 2.39. The minimum atomic E-state index is -0.827. The van der Waals surface area contributed by atoms with Crippen molar-refractivity contribution >= 4 is 40.8 Å². The Balaban J connectivity index is 2.56. The molecule has 0 fully saturated rings. The van der Waals surface area contributed by atoms with Gasteiger partial charge in [-0.3, -0.25) is 20.2 Å². The van der Waals surface area contributed by atoms with Crippen molar-refractivity contribution in [1.29, 1.82) is 0 Å². The molecular formula is C13H7Cl2N3O6. The van der Waals surface area contributed by atoms with E-state index >= 15 is 0 Å². The van der Waals surface area contributed by atoms with Gasteiger partial charge in [0, 0.05) is 16.7 Å². The van der Waals surface area contributed by atoms with Gasteiger partial charge in [-0.05, 0) is 18.2 Å². The number of nitro benzene ring substituents is 2. The molecule has 0 amide bonds. The molecule has 0 unspecified atom stereocenters. The third kappa shape index (κ3) is 3.70. The Hall–Kier alpha value is -2.91. The van der Waals surface area contributed by atoms with Gasteiger partial charge in [0.1, 0.15) is 0 Å². The Morgan fingerprint density at radius 2 is 1.83 bits per heavy atom. The number of benzene rings is 2. The highest BCUT2D eigenvalue weighted by Gasteiger charge is 2.23. The Morgan fingerprint density at radius 1 is 1.12 bits per heavy atom. The van der Waals surface area contributed by atoms with Crippen LogP contribution in [0.3, 0.4) is 0 Å². The molecule has 0 saturated carbocycles. The van der Waals surface area contributed by atoms with Gasteiger partial charge >= 0.3 is 5.69 Å². The topological polar surface area (TPSA) is 128 Å². The summed E-state index contributed by atoms with van der Waals surface area (Å²) in [6.45, 7) is 0. The van der Waals surface area contributed by atoms with Gasteiger partial charge in [0.05, 0.1) is 27.2 Å². The third-order valence-electron chi connectivity index (χ3n) is 2.80. The highest BCUT2D eigenvalue weighted by molar-refractivity contribution is 6.36. The first-order chi connectivity index (χ1) is 11.3. The van der Waals surface area contributed by atoms with Crippen LogP contribution in [0, 0.1) is 20.2 Å². The first-order valence-corrected chi connectivity index (χ1v) is 6.86. The molecule has 0 saturated heterocycles. The first kappa shape index (κ1) is 17.4. The van der Waals surface area contributed by atoms with Crippen molar-refractivity contribution in [2.24, 2.45) is 5.16 Å². The summed E-state index contributed by atoms with van der Waals surface area (Å²) in [4.78, 5) is 20.3. The molecule has 2 rings (SSSR count). The van der Waals surface area contributed by atoms with Gasteiger partial charge < -0.3 is 9.94 Å². The Kier molecular flexibility index (Phi) is 5.17. The number of oxime groups is 1. The van der Waals surface area contributed by atoms with Gasteiger partial charge in [-0.1, -0.05) is 28.4 Å². The lowest BCUT2D eigenvalue weighted by Gasteiger charge is -2.11. The summed E-state index contributed by atoms with van der Waals surface area (Å²) in [5.41, 5.74) is -0.932. The molecular weight excluding hydrogens is 365 g/mol. The zero-order valence-electron chi connectivity index (χ0n) is 11.6. The molecule has 0 aliphatic rings. The van der Waals surface area contributed by atoms with E-state index < -0.39 is 21.2 Å². The smallest absolute Gasteiger partial charge is 0.318 e. The fraction of sp³-hybridized carbons (Fsp3) is 0. The summed E-state index contributed by atoms with van der Waals surface area (Å²) >= 11 is 11.8. The lowest BCUT2D eigenvalue weighted by atomic mass is 10.2. The number of nitrogens with zero attached hydrogens (tertiary/aromatic N) is 3. The van der Waals surface area contributed by atoms with Gasteiger partial charge in [-0.2, -0.15) is 0 Å². The minimum Gasteiger partial charge on any atom is -0.448 e. The molecule has 9 nitrogen and oxygen atoms in total. The lowest BCUT2D eigenvalue weighted by molar-refractivity contribution is -0.394. The Bertz CT molecular complexity index is 856. The molecule has 0 heterocycles. The number of ether oxygens (including phenoxy) is 1. The van der Waals surface area contributed by atoms with Crippen molar-refractivity contribution in [2.75, 3.05) is 0 Å². The predicted molar refractivity (Wildman–Crippen MR) is 85.7 cm³/mol. The van der Waals surface area contributed by atoms with Crippen LogP contribution in [-0.2, 0) is 0 Å². The molecule has 24 heavy (non-hydrogen) atoms. The van der Waals surface area contributed by atoms with E-state index in [1.165, 1.54) is 12.1 Å². The van der Waals surface area contributed by atoms with E-state index in [2.05, 4.69) is 5.16 Å². The maximum absolute atomic E-state index is 11.1. The Morgan fingerprint density at radius 3 is 2.42 bits per heavy atom. The molecule has 11 heteroatoms. The van der Waals surface area contributed by atoms with Crippen molar-refractivity contribution in [1.82, 2.24) is 0 Å². The maximum Gasteiger partial charge on any atom is 0.318 e. The average Bonchev–Trinajstić information content (AvgIpc) is 2.50. The van der Waals surface area contributed by atoms with Crippen LogP contribution >= 0.6 is 23.2 Å². The first-order valence-electron chi connectivity index (χ1n) is 6.10. The predicted octanol–water partition coefficient (Wildman–Crippen LogP) is 4.41. The highest BCUT2D eigenvalue weighted by atomic mass is 35.5. The van der Waals surface area contributed by atoms with E-state index in [9.17, 15) is 20.2 Å². The number of non-ortho nitro benzene ring substituents is 1. The fourth-order valence-corrected chi connectivity index (χ4v) is 2.35. The molecule has 0 spiro atoms. The summed E-state index contributed by atoms with van der Waals surface area (Å²) in [7, 11) is 0. The van der Waals surface area contributed by atoms with Crippen LogP contribution in [0.4, 0.5) is 11.4 Å². The quantitative estimate of drug-likeness (QED) is 0.358. The minimum absolute atomic E-state index is 0.00468. The average molecular weight is 372 g/mol. The number of hydrogen-bond donors (Lipinski definition) is 1. The second-order valence-electron chi connectivity index (χ2n) is 4.32. The number of rotatable bonds is 5. The molecule has 124 valence electrons. The van der Waals surface area contributed by atoms with Crippen LogP contribution in [0.2, 0.25) is 10.0 Å². The second kappa shape index (κ2) is 7.11. The van der Waals surface area contributed by atoms with E-state index in [1.54, 1.807) is 0 Å². The summed E-state index contributed by atoms with van der Waals surface area (Å²) in [5, 5.41) is 33.6. The summed E-state index contributed by atoms with van der Waals surface area (Å²) in [6.07, 6.45) is 0.977. The van der Waals surface area contributed by atoms with E-state index in [-0.39, 0.29) is 27.1 Å². The molecule has 0 bridgehead atoms. The lowest BCUT2D eigenvalue weighted by Crippen LogP contribution is -1.98. The third-order valence-corrected chi connectivity index (χ3v) is 3.29. The Labute approximate surface area is 144 Å². The molecule has 1 N–H and O–H groups in total. The summed E-state index contributed by atoms with van der Waals surface area (Å²) in [5.74, 6) is -0.335. The molecule has 0 aliphatic carbocycles. The second-order valence-corrected chi connectivity index (χ2v) is 5.16. The van der Waals surface area contributed by atoms with Crippen molar-refractivity contribution in [3.05, 3.63) is 66.2 Å². The van der Waals surface area contributed by atoms with Gasteiger partial charge in [-0.15, -0.1) is 0 Å². The number of halogens is 2. The zero-order valence-corrected chi connectivity index (χ0v) is 13.1. The van der Waals surface area contributed by atoms with Crippen LogP contribution in [0.1, 0.15) is 5.56 Å². The van der Waals surface area contributed by atoms with Crippen molar-refractivity contribution in [2.45, 2.75) is 0 Å². The zero-order chi connectivity index (χ0) is 17.9. The van der Waals surface area contributed by atoms with Crippen LogP contribution < -0.4 is 4.74 Å². The van der Waals surface area contributed by atoms with Crippen molar-refractivity contribution in [3.8, 4) is 11.5 Å². The maximum atomic E-state index is 11.1. The monoisotopic (exact) mass is 371 g/mol. The fourth-order valence-electron chi connectivity index (χ4n) is 1.80. The normalized spacial score (nSPS) is 10.8. The molecule has 0 aliphatic heterocycles. The van der Waals surface area contributed by atoms with Crippen molar-refractivity contribution in [3.63, 3.8) is 0 Å². The molecule has 2 aromatic carbocycles. The van der Waals surface area contributed by atoms with Crippen LogP contribution in [0.15, 0.2) is 35.5 Å². The van der Waals surface area contributed by atoms with E-state index in [0.29, 0.717) is 0 Å². The van der Waals surface area contributed by atoms with Crippen molar-refractivity contribution < 1.29 is 19.8 Å². The summed E-state index contributed by atoms with van der Waals surface area (Å²) < 4.78 is 5.42. The van der Waals surface area contributed by atoms with Gasteiger partial charge in [0.2, 0.25) is 5.75 Å². The standard InChI is InChI=1S/C13H7Cl2N3O6/c14-8-3-7(6-16-19)13(10(15)4-8)24-12-2-1-9(17(20)21)5-11(12)18(22)23/h1-6,19H/b16-6-. The van der Waals surface area contributed by atoms with E-state index in [1.807, 2.05) is 0 Å². The largest absolute Gasteiger partial charge is 0.448 e. The number of nitro groups is 2. The molecule has 2 aromatic rings. The molecule has 0 radical (unpaired) electrons. The van der Waals surface area contributed by atoms with Gasteiger partial charge in [-0.25, -0.2) is 0 Å². The van der Waals surface area contributed by atoms with Gasteiger partial charge in [0.15, 0.2) is 5.75 Å². The summed E-state index contributed by atoms with van der Waals surface area (Å²) in [6, 6.07) is 5.57. The van der Waals surface area contributed by atoms with E-state index in [0.717, 1.165) is 24.4 Å². The van der Waals surface area contributed by atoms with Gasteiger partial charge in [0.25, 0.3) is 5.69 Å². The molecule has 0 atom stereocenters. The molecule has 0 aromatic heterocycles. The van der Waals surface area contributed by atoms with Crippen LogP contribution in [0.25, 0.3) is 0 Å².